The third-order valence-corrected chi connectivity index (χ3v) is 5.50. The van der Waals surface area contributed by atoms with Gasteiger partial charge in [-0.25, -0.2) is 0 Å². The lowest BCUT2D eigenvalue weighted by Gasteiger charge is -2.25. The fourth-order valence-electron chi connectivity index (χ4n) is 2.26. The van der Waals surface area contributed by atoms with Crippen molar-refractivity contribution in [1.82, 2.24) is 13.9 Å². The molecule has 1 heterocycles. The molecule has 0 atom stereocenters. The number of nitrogens with one attached hydrogen (secondary N) is 1. The molecule has 5 nitrogen and oxygen atoms in total. The molecule has 6 heteroatoms. The second-order valence-electron chi connectivity index (χ2n) is 6.54. The summed E-state index contributed by atoms with van der Waals surface area (Å²) in [6.07, 6.45) is 1.78. The molecule has 0 spiro atoms. The van der Waals surface area contributed by atoms with E-state index in [4.69, 9.17) is 0 Å². The minimum atomic E-state index is -3.27. The van der Waals surface area contributed by atoms with Crippen molar-refractivity contribution in [2.45, 2.75) is 46.6 Å². The molecule has 0 amide bonds. The van der Waals surface area contributed by atoms with Crippen molar-refractivity contribution >= 4 is 10.2 Å². The summed E-state index contributed by atoms with van der Waals surface area (Å²) in [5.41, 5.74) is 0.104. The molecular formula is C13H29N3O2S. The highest BCUT2D eigenvalue weighted by atomic mass is 32.2. The van der Waals surface area contributed by atoms with E-state index in [0.717, 1.165) is 19.4 Å². The first kappa shape index (κ1) is 16.9. The molecule has 1 saturated heterocycles. The lowest BCUT2D eigenvalue weighted by molar-refractivity contribution is 0.349. The van der Waals surface area contributed by atoms with Crippen molar-refractivity contribution in [2.24, 2.45) is 5.41 Å². The van der Waals surface area contributed by atoms with Crippen molar-refractivity contribution in [3.8, 4) is 0 Å². The van der Waals surface area contributed by atoms with E-state index in [1.165, 1.54) is 4.31 Å². The smallest absolute Gasteiger partial charge is 0.281 e. The summed E-state index contributed by atoms with van der Waals surface area (Å²) >= 11 is 0. The van der Waals surface area contributed by atoms with E-state index in [-0.39, 0.29) is 5.41 Å². The van der Waals surface area contributed by atoms with Gasteiger partial charge in [-0.2, -0.15) is 17.0 Å². The van der Waals surface area contributed by atoms with E-state index in [9.17, 15) is 8.42 Å². The largest absolute Gasteiger partial charge is 0.314 e. The molecule has 114 valence electrons. The molecule has 0 aliphatic carbocycles. The summed E-state index contributed by atoms with van der Waals surface area (Å²) in [7, 11) is -1.59. The van der Waals surface area contributed by atoms with Crippen LogP contribution in [0.5, 0.6) is 0 Å². The Morgan fingerprint density at radius 1 is 1.37 bits per heavy atom. The van der Waals surface area contributed by atoms with Crippen LogP contribution < -0.4 is 5.32 Å². The van der Waals surface area contributed by atoms with Crippen LogP contribution in [0.25, 0.3) is 0 Å². The standard InChI is InChI=1S/C13H29N3O2S/c1-12(2)14-8-6-9-15(5)19(17,18)16-10-7-13(3,4)11-16/h12,14H,6-11H2,1-5H3. The van der Waals surface area contributed by atoms with Crippen molar-refractivity contribution in [2.75, 3.05) is 33.2 Å². The lowest BCUT2D eigenvalue weighted by atomic mass is 9.93. The van der Waals surface area contributed by atoms with E-state index in [2.05, 4.69) is 33.0 Å². The second kappa shape index (κ2) is 6.52. The molecule has 0 bridgehead atoms. The molecule has 0 saturated carbocycles. The van der Waals surface area contributed by atoms with Gasteiger partial charge in [0.2, 0.25) is 0 Å². The zero-order valence-electron chi connectivity index (χ0n) is 12.9. The molecule has 0 aromatic rings. The van der Waals surface area contributed by atoms with E-state index in [1.54, 1.807) is 11.4 Å². The molecule has 0 aromatic heterocycles. The molecule has 0 unspecified atom stereocenters. The summed E-state index contributed by atoms with van der Waals surface area (Å²) < 4.78 is 27.9. The van der Waals surface area contributed by atoms with Crippen molar-refractivity contribution < 1.29 is 8.42 Å². The molecule has 1 fully saturated rings. The Labute approximate surface area is 118 Å². The SMILES string of the molecule is CC(C)NCCCN(C)S(=O)(=O)N1CCC(C)(C)C1. The monoisotopic (exact) mass is 291 g/mol. The van der Waals surface area contributed by atoms with E-state index >= 15 is 0 Å². The van der Waals surface area contributed by atoms with Gasteiger partial charge in [0.15, 0.2) is 0 Å². The van der Waals surface area contributed by atoms with Gasteiger partial charge in [-0.3, -0.25) is 0 Å². The highest BCUT2D eigenvalue weighted by Crippen LogP contribution is 2.31. The van der Waals surface area contributed by atoms with Gasteiger partial charge in [0.05, 0.1) is 0 Å². The summed E-state index contributed by atoms with van der Waals surface area (Å²) in [5, 5.41) is 3.30. The maximum absolute atomic E-state index is 12.4. The summed E-state index contributed by atoms with van der Waals surface area (Å²) in [5.74, 6) is 0. The summed E-state index contributed by atoms with van der Waals surface area (Å²) in [6, 6.07) is 0.446. The van der Waals surface area contributed by atoms with Gasteiger partial charge < -0.3 is 5.32 Å². The zero-order valence-corrected chi connectivity index (χ0v) is 13.8. The van der Waals surface area contributed by atoms with Crippen molar-refractivity contribution in [3.63, 3.8) is 0 Å². The third kappa shape index (κ3) is 5.02. The predicted molar refractivity (Wildman–Crippen MR) is 79.3 cm³/mol. The fraction of sp³-hybridized carbons (Fsp3) is 1.00. The fourth-order valence-corrected chi connectivity index (χ4v) is 3.85. The van der Waals surface area contributed by atoms with Gasteiger partial charge in [-0.15, -0.1) is 0 Å². The van der Waals surface area contributed by atoms with Crippen LogP contribution in [-0.2, 0) is 10.2 Å². The van der Waals surface area contributed by atoms with Gasteiger partial charge in [0, 0.05) is 32.7 Å². The third-order valence-electron chi connectivity index (χ3n) is 3.56. The maximum atomic E-state index is 12.4. The maximum Gasteiger partial charge on any atom is 0.281 e. The zero-order chi connectivity index (χ0) is 14.7. The highest BCUT2D eigenvalue weighted by Gasteiger charge is 2.37. The number of nitrogens with zero attached hydrogens (tertiary/aromatic N) is 2. The molecule has 19 heavy (non-hydrogen) atoms. The van der Waals surface area contributed by atoms with Crippen LogP contribution in [0, 0.1) is 5.41 Å². The van der Waals surface area contributed by atoms with Gasteiger partial charge in [0.1, 0.15) is 0 Å². The average molecular weight is 291 g/mol. The first-order valence-corrected chi connectivity index (χ1v) is 8.50. The van der Waals surface area contributed by atoms with E-state index in [0.29, 0.717) is 25.7 Å². The Balaban J connectivity index is 2.44. The summed E-state index contributed by atoms with van der Waals surface area (Å²) in [6.45, 7) is 11.1. The van der Waals surface area contributed by atoms with Gasteiger partial charge >= 0.3 is 0 Å². The van der Waals surface area contributed by atoms with Crippen molar-refractivity contribution in [3.05, 3.63) is 0 Å². The predicted octanol–water partition coefficient (Wildman–Crippen LogP) is 1.28. The Kier molecular flexibility index (Phi) is 5.79. The van der Waals surface area contributed by atoms with Crippen LogP contribution in [-0.4, -0.2) is 56.3 Å². The molecule has 1 N–H and O–H groups in total. The lowest BCUT2D eigenvalue weighted by Crippen LogP contribution is -2.42. The van der Waals surface area contributed by atoms with Crippen molar-refractivity contribution in [1.29, 1.82) is 0 Å². The minimum absolute atomic E-state index is 0.104. The molecule has 1 aliphatic heterocycles. The molecule has 0 aromatic carbocycles. The Morgan fingerprint density at radius 3 is 2.47 bits per heavy atom. The number of hydrogen-bond donors (Lipinski definition) is 1. The highest BCUT2D eigenvalue weighted by molar-refractivity contribution is 7.86. The van der Waals surface area contributed by atoms with Crippen LogP contribution in [0.4, 0.5) is 0 Å². The Morgan fingerprint density at radius 2 is 2.00 bits per heavy atom. The average Bonchev–Trinajstić information content (AvgIpc) is 2.65. The van der Waals surface area contributed by atoms with Crippen LogP contribution in [0.1, 0.15) is 40.5 Å². The van der Waals surface area contributed by atoms with E-state index in [1.807, 2.05) is 0 Å². The molecular weight excluding hydrogens is 262 g/mol. The van der Waals surface area contributed by atoms with Gasteiger partial charge in [-0.05, 0) is 24.8 Å². The first-order valence-electron chi connectivity index (χ1n) is 7.10. The molecule has 0 radical (unpaired) electrons. The first-order chi connectivity index (χ1) is 8.65. The molecule has 1 aliphatic rings. The topological polar surface area (TPSA) is 52.7 Å². The number of rotatable bonds is 7. The van der Waals surface area contributed by atoms with Crippen LogP contribution >= 0.6 is 0 Å². The normalized spacial score (nSPS) is 20.6. The van der Waals surface area contributed by atoms with Crippen LogP contribution in [0.3, 0.4) is 0 Å². The van der Waals surface area contributed by atoms with Gasteiger partial charge in [-0.1, -0.05) is 27.7 Å². The Bertz CT molecular complexity index is 379. The second-order valence-corrected chi connectivity index (χ2v) is 8.57. The van der Waals surface area contributed by atoms with E-state index < -0.39 is 10.2 Å². The van der Waals surface area contributed by atoms with Crippen LogP contribution in [0.15, 0.2) is 0 Å². The quantitative estimate of drug-likeness (QED) is 0.719. The van der Waals surface area contributed by atoms with Crippen LogP contribution in [0.2, 0.25) is 0 Å². The van der Waals surface area contributed by atoms with Gasteiger partial charge in [0.25, 0.3) is 10.2 Å². The minimum Gasteiger partial charge on any atom is -0.314 e. The Hall–Kier alpha value is -0.170. The molecule has 1 rings (SSSR count). The summed E-state index contributed by atoms with van der Waals surface area (Å²) in [4.78, 5) is 0. The number of hydrogen-bond acceptors (Lipinski definition) is 3.